The molecule has 1 aliphatic heterocycles. The SMILES string of the molecule is Cc1ccc(S(=O)(=O)N2CCCC(O)C2)c(Br)c1. The second-order valence-electron chi connectivity index (χ2n) is 4.59. The average Bonchev–Trinajstić information content (AvgIpc) is 2.28. The first-order chi connectivity index (χ1) is 8.41. The van der Waals surface area contributed by atoms with Gasteiger partial charge in [0.2, 0.25) is 10.0 Å². The van der Waals surface area contributed by atoms with Crippen LogP contribution in [0.3, 0.4) is 0 Å². The summed E-state index contributed by atoms with van der Waals surface area (Å²) in [5.74, 6) is 0. The normalized spacial score (nSPS) is 22.1. The van der Waals surface area contributed by atoms with Crippen molar-refractivity contribution in [2.24, 2.45) is 0 Å². The maximum Gasteiger partial charge on any atom is 0.244 e. The molecule has 1 saturated heterocycles. The molecule has 0 bridgehead atoms. The summed E-state index contributed by atoms with van der Waals surface area (Å²) in [6.45, 7) is 2.56. The van der Waals surface area contributed by atoms with E-state index < -0.39 is 16.1 Å². The maximum atomic E-state index is 12.4. The Bertz CT molecular complexity index is 544. The minimum absolute atomic E-state index is 0.183. The zero-order chi connectivity index (χ0) is 13.3. The summed E-state index contributed by atoms with van der Waals surface area (Å²) in [5.41, 5.74) is 1.000. The fourth-order valence-corrected chi connectivity index (χ4v) is 4.76. The number of rotatable bonds is 2. The van der Waals surface area contributed by atoms with Crippen molar-refractivity contribution in [1.82, 2.24) is 4.31 Å². The molecule has 0 amide bonds. The summed E-state index contributed by atoms with van der Waals surface area (Å²) in [4.78, 5) is 0.266. The zero-order valence-electron chi connectivity index (χ0n) is 10.1. The molecule has 100 valence electrons. The van der Waals surface area contributed by atoms with Gasteiger partial charge in [-0.15, -0.1) is 0 Å². The van der Waals surface area contributed by atoms with E-state index in [0.717, 1.165) is 5.56 Å². The molecule has 1 aromatic rings. The Balaban J connectivity index is 2.35. The average molecular weight is 334 g/mol. The van der Waals surface area contributed by atoms with Crippen LogP contribution in [-0.2, 0) is 10.0 Å². The minimum atomic E-state index is -3.52. The smallest absolute Gasteiger partial charge is 0.244 e. The van der Waals surface area contributed by atoms with Crippen LogP contribution in [0.15, 0.2) is 27.6 Å². The number of sulfonamides is 1. The van der Waals surface area contributed by atoms with E-state index in [1.807, 2.05) is 6.92 Å². The molecule has 1 aliphatic rings. The van der Waals surface area contributed by atoms with E-state index in [1.54, 1.807) is 18.2 Å². The summed E-state index contributed by atoms with van der Waals surface area (Å²) in [6.07, 6.45) is 0.808. The van der Waals surface area contributed by atoms with Crippen LogP contribution in [0.4, 0.5) is 0 Å². The number of hydrogen-bond acceptors (Lipinski definition) is 3. The lowest BCUT2D eigenvalue weighted by Gasteiger charge is -2.29. The predicted octanol–water partition coefficient (Wildman–Crippen LogP) is 1.90. The third-order valence-corrected chi connectivity index (χ3v) is 5.91. The Morgan fingerprint density at radius 1 is 1.44 bits per heavy atom. The van der Waals surface area contributed by atoms with E-state index in [0.29, 0.717) is 23.9 Å². The summed E-state index contributed by atoms with van der Waals surface area (Å²) in [7, 11) is -3.52. The van der Waals surface area contributed by atoms with Crippen molar-refractivity contribution in [3.05, 3.63) is 28.2 Å². The van der Waals surface area contributed by atoms with E-state index in [2.05, 4.69) is 15.9 Å². The third kappa shape index (κ3) is 2.77. The molecular formula is C12H16BrNO3S. The molecule has 1 N–H and O–H groups in total. The molecule has 1 aromatic carbocycles. The van der Waals surface area contributed by atoms with Crippen LogP contribution >= 0.6 is 15.9 Å². The Morgan fingerprint density at radius 2 is 2.17 bits per heavy atom. The predicted molar refractivity (Wildman–Crippen MR) is 72.9 cm³/mol. The highest BCUT2D eigenvalue weighted by molar-refractivity contribution is 9.10. The van der Waals surface area contributed by atoms with Crippen LogP contribution in [0.25, 0.3) is 0 Å². The fraction of sp³-hybridized carbons (Fsp3) is 0.500. The van der Waals surface area contributed by atoms with Crippen molar-refractivity contribution in [1.29, 1.82) is 0 Å². The lowest BCUT2D eigenvalue weighted by Crippen LogP contribution is -2.42. The van der Waals surface area contributed by atoms with Crippen LogP contribution in [0.2, 0.25) is 0 Å². The summed E-state index contributed by atoms with van der Waals surface area (Å²) < 4.78 is 26.8. The molecule has 0 aromatic heterocycles. The molecular weight excluding hydrogens is 318 g/mol. The largest absolute Gasteiger partial charge is 0.392 e. The van der Waals surface area contributed by atoms with Crippen LogP contribution in [-0.4, -0.2) is 37.0 Å². The fourth-order valence-electron chi connectivity index (χ4n) is 2.09. The first-order valence-corrected chi connectivity index (χ1v) is 8.09. The van der Waals surface area contributed by atoms with Crippen molar-refractivity contribution in [2.45, 2.75) is 30.8 Å². The molecule has 1 fully saturated rings. The van der Waals surface area contributed by atoms with E-state index in [1.165, 1.54) is 4.31 Å². The maximum absolute atomic E-state index is 12.4. The summed E-state index contributed by atoms with van der Waals surface area (Å²) in [5, 5.41) is 9.59. The van der Waals surface area contributed by atoms with Gasteiger partial charge in [0.25, 0.3) is 0 Å². The first kappa shape index (κ1) is 14.0. The number of piperidine rings is 1. The molecule has 18 heavy (non-hydrogen) atoms. The molecule has 1 unspecified atom stereocenters. The number of nitrogens with zero attached hydrogens (tertiary/aromatic N) is 1. The Morgan fingerprint density at radius 3 is 2.78 bits per heavy atom. The van der Waals surface area contributed by atoms with Gasteiger partial charge in [0, 0.05) is 17.6 Å². The van der Waals surface area contributed by atoms with Gasteiger partial charge in [-0.25, -0.2) is 8.42 Å². The number of aliphatic hydroxyl groups excluding tert-OH is 1. The van der Waals surface area contributed by atoms with Crippen molar-refractivity contribution in [3.8, 4) is 0 Å². The molecule has 1 heterocycles. The monoisotopic (exact) mass is 333 g/mol. The Hall–Kier alpha value is -0.430. The number of halogens is 1. The number of aryl methyl sites for hydroxylation is 1. The lowest BCUT2D eigenvalue weighted by molar-refractivity contribution is 0.108. The highest BCUT2D eigenvalue weighted by Crippen LogP contribution is 2.27. The van der Waals surface area contributed by atoms with E-state index in [4.69, 9.17) is 0 Å². The second kappa shape index (κ2) is 5.28. The minimum Gasteiger partial charge on any atom is -0.392 e. The van der Waals surface area contributed by atoms with Gasteiger partial charge in [-0.1, -0.05) is 6.07 Å². The standard InChI is InChI=1S/C12H16BrNO3S/c1-9-4-5-12(11(13)7-9)18(16,17)14-6-2-3-10(15)8-14/h4-5,7,10,15H,2-3,6,8H2,1H3. The number of β-amino-alcohol motifs (C(OH)–C–C–N with tert-alkyl or cyclic N) is 1. The molecule has 6 heteroatoms. The third-order valence-electron chi connectivity index (χ3n) is 3.06. The van der Waals surface area contributed by atoms with Crippen LogP contribution in [0.5, 0.6) is 0 Å². The van der Waals surface area contributed by atoms with E-state index in [9.17, 15) is 13.5 Å². The second-order valence-corrected chi connectivity index (χ2v) is 7.35. The van der Waals surface area contributed by atoms with E-state index in [-0.39, 0.29) is 11.4 Å². The van der Waals surface area contributed by atoms with Crippen molar-refractivity contribution in [3.63, 3.8) is 0 Å². The van der Waals surface area contributed by atoms with Crippen molar-refractivity contribution in [2.75, 3.05) is 13.1 Å². The highest BCUT2D eigenvalue weighted by atomic mass is 79.9. The molecule has 0 saturated carbocycles. The molecule has 2 rings (SSSR count). The van der Waals surface area contributed by atoms with Gasteiger partial charge >= 0.3 is 0 Å². The van der Waals surface area contributed by atoms with Gasteiger partial charge in [-0.05, 0) is 53.4 Å². The summed E-state index contributed by atoms with van der Waals surface area (Å²) >= 11 is 3.30. The molecule has 0 spiro atoms. The van der Waals surface area contributed by atoms with Crippen LogP contribution in [0.1, 0.15) is 18.4 Å². The van der Waals surface area contributed by atoms with E-state index >= 15 is 0 Å². The highest BCUT2D eigenvalue weighted by Gasteiger charge is 2.30. The Labute approximate surface area is 116 Å². The van der Waals surface area contributed by atoms with Crippen LogP contribution < -0.4 is 0 Å². The zero-order valence-corrected chi connectivity index (χ0v) is 12.5. The molecule has 4 nitrogen and oxygen atoms in total. The molecule has 1 atom stereocenters. The number of benzene rings is 1. The number of hydrogen-bond donors (Lipinski definition) is 1. The van der Waals surface area contributed by atoms with Gasteiger partial charge in [-0.2, -0.15) is 4.31 Å². The van der Waals surface area contributed by atoms with Gasteiger partial charge in [0.1, 0.15) is 0 Å². The topological polar surface area (TPSA) is 57.6 Å². The lowest BCUT2D eigenvalue weighted by atomic mass is 10.1. The molecule has 0 radical (unpaired) electrons. The van der Waals surface area contributed by atoms with Gasteiger partial charge < -0.3 is 5.11 Å². The quantitative estimate of drug-likeness (QED) is 0.899. The molecule has 0 aliphatic carbocycles. The first-order valence-electron chi connectivity index (χ1n) is 5.85. The van der Waals surface area contributed by atoms with Gasteiger partial charge in [0.15, 0.2) is 0 Å². The van der Waals surface area contributed by atoms with Crippen LogP contribution in [0, 0.1) is 6.92 Å². The Kier molecular flexibility index (Phi) is 4.11. The summed E-state index contributed by atoms with van der Waals surface area (Å²) in [6, 6.07) is 5.17. The number of aliphatic hydroxyl groups is 1. The van der Waals surface area contributed by atoms with Crippen molar-refractivity contribution < 1.29 is 13.5 Å². The van der Waals surface area contributed by atoms with Crippen molar-refractivity contribution >= 4 is 26.0 Å². The van der Waals surface area contributed by atoms with Gasteiger partial charge in [-0.3, -0.25) is 0 Å². The van der Waals surface area contributed by atoms with Gasteiger partial charge in [0.05, 0.1) is 11.0 Å².